The van der Waals surface area contributed by atoms with E-state index < -0.39 is 37.0 Å². The minimum absolute atomic E-state index is 0.0216. The zero-order chi connectivity index (χ0) is 26.4. The lowest BCUT2D eigenvalue weighted by Gasteiger charge is -2.28. The van der Waals surface area contributed by atoms with Gasteiger partial charge < -0.3 is 31.1 Å². The molecule has 13 nitrogen and oxygen atoms in total. The van der Waals surface area contributed by atoms with E-state index in [2.05, 4.69) is 10.6 Å². The highest BCUT2D eigenvalue weighted by Crippen LogP contribution is 2.12. The molecule has 0 saturated carbocycles. The number of carboxylic acid groups (broad SMARTS) is 4. The first-order valence-corrected chi connectivity index (χ1v) is 11.0. The molecule has 1 aromatic carbocycles. The summed E-state index contributed by atoms with van der Waals surface area (Å²) in [5, 5.41) is 42.7. The Morgan fingerprint density at radius 2 is 1.11 bits per heavy atom. The number of anilines is 1. The van der Waals surface area contributed by atoms with Crippen LogP contribution in [0.2, 0.25) is 0 Å². The normalized spacial score (nSPS) is 11.0. The predicted molar refractivity (Wildman–Crippen MR) is 130 cm³/mol. The van der Waals surface area contributed by atoms with Gasteiger partial charge in [-0.05, 0) is 29.9 Å². The van der Waals surface area contributed by atoms with Crippen LogP contribution in [0.5, 0.6) is 0 Å². The number of nitrogens with one attached hydrogen (secondary N) is 2. The number of benzene rings is 1. The lowest BCUT2D eigenvalue weighted by atomic mass is 10.2. The van der Waals surface area contributed by atoms with Gasteiger partial charge in [0.05, 0.1) is 26.2 Å². The zero-order valence-electron chi connectivity index (χ0n) is 19.3. The van der Waals surface area contributed by atoms with Crippen molar-refractivity contribution in [3.63, 3.8) is 0 Å². The van der Waals surface area contributed by atoms with Crippen molar-refractivity contribution in [3.8, 4) is 0 Å². The quantitative estimate of drug-likeness (QED) is 0.144. The molecule has 1 aromatic rings. The highest BCUT2D eigenvalue weighted by atomic mass is 32.1. The Labute approximate surface area is 207 Å². The summed E-state index contributed by atoms with van der Waals surface area (Å²) in [7, 11) is 1.69. The van der Waals surface area contributed by atoms with Gasteiger partial charge in [0.2, 0.25) is 0 Å². The number of carbonyl (C=O) groups is 4. The van der Waals surface area contributed by atoms with Gasteiger partial charge in [0.1, 0.15) is 0 Å². The van der Waals surface area contributed by atoms with E-state index in [9.17, 15) is 29.4 Å². The van der Waals surface area contributed by atoms with Crippen LogP contribution in [0.4, 0.5) is 5.69 Å². The fourth-order valence-electron chi connectivity index (χ4n) is 3.17. The van der Waals surface area contributed by atoms with Gasteiger partial charge in [-0.25, -0.2) is 0 Å². The summed E-state index contributed by atoms with van der Waals surface area (Å²) in [4.78, 5) is 48.9. The number of aliphatic carboxylic acids is 4. The Morgan fingerprint density at radius 3 is 1.57 bits per heavy atom. The summed E-state index contributed by atoms with van der Waals surface area (Å²) in [6.07, 6.45) is 0. The van der Waals surface area contributed by atoms with Crippen molar-refractivity contribution in [1.29, 1.82) is 0 Å². The number of thiocarbonyl (C=S) groups is 1. The molecule has 6 N–H and O–H groups in total. The fourth-order valence-corrected chi connectivity index (χ4v) is 3.29. The van der Waals surface area contributed by atoms with Gasteiger partial charge in [-0.1, -0.05) is 12.1 Å². The molecule has 0 fully saturated rings. The van der Waals surface area contributed by atoms with E-state index in [1.54, 1.807) is 24.1 Å². The van der Waals surface area contributed by atoms with Crippen LogP contribution in [-0.2, 0) is 25.7 Å². The zero-order valence-corrected chi connectivity index (χ0v) is 20.2. The summed E-state index contributed by atoms with van der Waals surface area (Å²) >= 11 is 5.05. The molecule has 0 atom stereocenters. The Morgan fingerprint density at radius 1 is 0.714 bits per heavy atom. The average molecular weight is 514 g/mol. The Bertz CT molecular complexity index is 867. The third-order valence-corrected chi connectivity index (χ3v) is 5.05. The summed E-state index contributed by atoms with van der Waals surface area (Å²) in [6.45, 7) is -0.799. The van der Waals surface area contributed by atoms with E-state index in [1.165, 1.54) is 9.80 Å². The van der Waals surface area contributed by atoms with Gasteiger partial charge in [0.25, 0.3) is 0 Å². The molecule has 0 heterocycles. The molecular formula is C21H31N5O8S. The summed E-state index contributed by atoms with van der Waals surface area (Å²) < 4.78 is 0. The lowest BCUT2D eigenvalue weighted by Crippen LogP contribution is -2.44. The molecular weight excluding hydrogens is 482 g/mol. The van der Waals surface area contributed by atoms with Crippen molar-refractivity contribution < 1.29 is 39.6 Å². The molecule has 0 aliphatic heterocycles. The van der Waals surface area contributed by atoms with E-state index in [-0.39, 0.29) is 39.3 Å². The maximum absolute atomic E-state index is 11.4. The number of carboxylic acids is 4. The minimum Gasteiger partial charge on any atom is -0.480 e. The van der Waals surface area contributed by atoms with Gasteiger partial charge in [-0.3, -0.25) is 33.9 Å². The van der Waals surface area contributed by atoms with Gasteiger partial charge in [0, 0.05) is 45.5 Å². The van der Waals surface area contributed by atoms with Crippen LogP contribution in [0, 0.1) is 0 Å². The predicted octanol–water partition coefficient (Wildman–Crippen LogP) is -0.653. The summed E-state index contributed by atoms with van der Waals surface area (Å²) in [6, 6.07) is 7.24. The molecule has 0 unspecified atom stereocenters. The number of rotatable bonds is 17. The van der Waals surface area contributed by atoms with Crippen molar-refractivity contribution in [2.45, 2.75) is 6.54 Å². The largest absolute Gasteiger partial charge is 0.480 e. The highest BCUT2D eigenvalue weighted by Gasteiger charge is 2.18. The van der Waals surface area contributed by atoms with Crippen molar-refractivity contribution in [2.75, 3.05) is 64.7 Å². The molecule has 14 heteroatoms. The second-order valence-electron chi connectivity index (χ2n) is 7.67. The molecule has 0 spiro atoms. The summed E-state index contributed by atoms with van der Waals surface area (Å²) in [5.41, 5.74) is 1.60. The fraction of sp³-hybridized carbons (Fsp3) is 0.476. The van der Waals surface area contributed by atoms with E-state index >= 15 is 0 Å². The standard InChI is InChI=1S/C21H31N5O8S/c1-22-21(35)23-16-4-2-15(3-5-16)10-25(12-18(29)30)8-6-24(11-17(27)28)7-9-26(13-19(31)32)14-20(33)34/h2-5H,6-14H2,1H3,(H,27,28)(H,29,30)(H,31,32)(H,33,34)(H2,22,23,35). The average Bonchev–Trinajstić information content (AvgIpc) is 2.75. The highest BCUT2D eigenvalue weighted by molar-refractivity contribution is 7.80. The van der Waals surface area contributed by atoms with Crippen LogP contribution in [0.3, 0.4) is 0 Å². The van der Waals surface area contributed by atoms with Crippen molar-refractivity contribution in [1.82, 2.24) is 20.0 Å². The van der Waals surface area contributed by atoms with Crippen LogP contribution in [0.25, 0.3) is 0 Å². The Balaban J connectivity index is 2.80. The van der Waals surface area contributed by atoms with E-state index in [4.69, 9.17) is 22.4 Å². The first-order valence-electron chi connectivity index (χ1n) is 10.6. The van der Waals surface area contributed by atoms with Crippen LogP contribution in [-0.4, -0.2) is 124 Å². The van der Waals surface area contributed by atoms with Gasteiger partial charge in [-0.2, -0.15) is 0 Å². The molecule has 0 aliphatic carbocycles. The molecule has 0 amide bonds. The molecule has 0 aromatic heterocycles. The van der Waals surface area contributed by atoms with Crippen LogP contribution < -0.4 is 10.6 Å². The van der Waals surface area contributed by atoms with E-state index in [0.717, 1.165) is 11.3 Å². The number of nitrogens with zero attached hydrogens (tertiary/aromatic N) is 3. The SMILES string of the molecule is CNC(=S)Nc1ccc(CN(CCN(CCN(CC(=O)O)CC(=O)O)CC(=O)O)CC(=O)O)cc1. The molecule has 0 saturated heterocycles. The first kappa shape index (κ1) is 29.7. The monoisotopic (exact) mass is 513 g/mol. The maximum atomic E-state index is 11.4. The van der Waals surface area contributed by atoms with Crippen LogP contribution in [0.1, 0.15) is 5.56 Å². The number of hydrogen-bond acceptors (Lipinski definition) is 8. The third kappa shape index (κ3) is 13.8. The lowest BCUT2D eigenvalue weighted by molar-refractivity contribution is -0.143. The molecule has 35 heavy (non-hydrogen) atoms. The third-order valence-electron chi connectivity index (χ3n) is 4.75. The van der Waals surface area contributed by atoms with Crippen molar-refractivity contribution in [2.24, 2.45) is 0 Å². The maximum Gasteiger partial charge on any atom is 0.317 e. The van der Waals surface area contributed by atoms with E-state index in [0.29, 0.717) is 11.7 Å². The summed E-state index contributed by atoms with van der Waals surface area (Å²) in [5.74, 6) is -4.54. The van der Waals surface area contributed by atoms with E-state index in [1.807, 2.05) is 12.1 Å². The smallest absolute Gasteiger partial charge is 0.317 e. The topological polar surface area (TPSA) is 183 Å². The van der Waals surface area contributed by atoms with Gasteiger partial charge >= 0.3 is 23.9 Å². The van der Waals surface area contributed by atoms with Crippen molar-refractivity contribution >= 4 is 46.9 Å². The van der Waals surface area contributed by atoms with Crippen molar-refractivity contribution in [3.05, 3.63) is 29.8 Å². The van der Waals surface area contributed by atoms with Crippen LogP contribution >= 0.6 is 12.2 Å². The second-order valence-corrected chi connectivity index (χ2v) is 8.08. The first-order chi connectivity index (χ1) is 16.5. The van der Waals surface area contributed by atoms with Gasteiger partial charge in [-0.15, -0.1) is 0 Å². The Hall–Kier alpha value is -3.33. The molecule has 1 rings (SSSR count). The number of hydrogen-bond donors (Lipinski definition) is 6. The molecule has 0 aliphatic rings. The molecule has 0 radical (unpaired) electrons. The second kappa shape index (κ2) is 15.5. The minimum atomic E-state index is -1.20. The molecule has 0 bridgehead atoms. The van der Waals surface area contributed by atoms with Crippen LogP contribution in [0.15, 0.2) is 24.3 Å². The molecule has 194 valence electrons. The van der Waals surface area contributed by atoms with Gasteiger partial charge in [0.15, 0.2) is 5.11 Å². The Kier molecular flexibility index (Phi) is 13.2.